The van der Waals surface area contributed by atoms with E-state index in [1.807, 2.05) is 24.4 Å². The molecule has 100 valence electrons. The van der Waals surface area contributed by atoms with Crippen molar-refractivity contribution in [2.45, 2.75) is 12.5 Å². The fraction of sp³-hybridized carbons (Fsp3) is 0.312. The van der Waals surface area contributed by atoms with Crippen molar-refractivity contribution in [1.82, 2.24) is 4.98 Å². The van der Waals surface area contributed by atoms with Crippen molar-refractivity contribution in [3.8, 4) is 0 Å². The summed E-state index contributed by atoms with van der Waals surface area (Å²) in [6, 6.07) is 16.9. The summed E-state index contributed by atoms with van der Waals surface area (Å²) in [7, 11) is 1.74. The SMILES string of the molecule is COCCC[NH2+][C@H](c1ccccc1)c1ccccn1. The minimum atomic E-state index is 0.263. The Morgan fingerprint density at radius 3 is 2.58 bits per heavy atom. The maximum Gasteiger partial charge on any atom is 0.154 e. The van der Waals surface area contributed by atoms with Crippen LogP contribution in [-0.4, -0.2) is 25.2 Å². The van der Waals surface area contributed by atoms with Crippen LogP contribution in [0.3, 0.4) is 0 Å². The molecule has 0 aliphatic heterocycles. The lowest BCUT2D eigenvalue weighted by atomic mass is 10.0. The van der Waals surface area contributed by atoms with Crippen LogP contribution in [0, 0.1) is 0 Å². The molecule has 3 nitrogen and oxygen atoms in total. The van der Waals surface area contributed by atoms with E-state index in [1.165, 1.54) is 5.56 Å². The minimum Gasteiger partial charge on any atom is -0.384 e. The van der Waals surface area contributed by atoms with E-state index in [0.29, 0.717) is 0 Å². The topological polar surface area (TPSA) is 38.7 Å². The normalized spacial score (nSPS) is 12.3. The van der Waals surface area contributed by atoms with Gasteiger partial charge in [-0.1, -0.05) is 36.4 Å². The molecule has 0 saturated carbocycles. The average molecular weight is 257 g/mol. The Bertz CT molecular complexity index is 419. The largest absolute Gasteiger partial charge is 0.384 e. The molecular weight excluding hydrogens is 236 g/mol. The van der Waals surface area contributed by atoms with Crippen LogP contribution >= 0.6 is 0 Å². The van der Waals surface area contributed by atoms with E-state index in [1.54, 1.807) is 7.11 Å². The van der Waals surface area contributed by atoms with Crippen LogP contribution in [0.15, 0.2) is 54.7 Å². The zero-order valence-corrected chi connectivity index (χ0v) is 11.3. The molecule has 0 fully saturated rings. The molecule has 0 aliphatic carbocycles. The Hall–Kier alpha value is -1.71. The number of nitrogens with zero attached hydrogens (tertiary/aromatic N) is 1. The number of pyridine rings is 1. The summed E-state index contributed by atoms with van der Waals surface area (Å²) in [5.74, 6) is 0. The smallest absolute Gasteiger partial charge is 0.154 e. The van der Waals surface area contributed by atoms with Crippen molar-refractivity contribution in [2.75, 3.05) is 20.3 Å². The number of quaternary nitrogens is 1. The van der Waals surface area contributed by atoms with Crippen molar-refractivity contribution in [1.29, 1.82) is 0 Å². The molecule has 2 aromatic rings. The monoisotopic (exact) mass is 257 g/mol. The summed E-state index contributed by atoms with van der Waals surface area (Å²) >= 11 is 0. The summed E-state index contributed by atoms with van der Waals surface area (Å²) in [6.45, 7) is 1.84. The van der Waals surface area contributed by atoms with E-state index in [4.69, 9.17) is 4.74 Å². The van der Waals surface area contributed by atoms with Crippen LogP contribution in [0.1, 0.15) is 23.7 Å². The standard InChI is InChI=1S/C16H20N2O/c1-19-13-7-12-18-16(14-8-3-2-4-9-14)15-10-5-6-11-17-15/h2-6,8-11,16,18H,7,12-13H2,1H3/p+1/t16-/m1/s1. The van der Waals surface area contributed by atoms with Crippen LogP contribution in [0.25, 0.3) is 0 Å². The van der Waals surface area contributed by atoms with Gasteiger partial charge < -0.3 is 10.1 Å². The van der Waals surface area contributed by atoms with Gasteiger partial charge in [-0.3, -0.25) is 4.98 Å². The number of benzene rings is 1. The summed E-state index contributed by atoms with van der Waals surface area (Å²) in [5, 5.41) is 2.33. The number of hydrogen-bond donors (Lipinski definition) is 1. The summed E-state index contributed by atoms with van der Waals surface area (Å²) < 4.78 is 5.10. The van der Waals surface area contributed by atoms with E-state index in [9.17, 15) is 0 Å². The predicted octanol–water partition coefficient (Wildman–Crippen LogP) is 1.77. The van der Waals surface area contributed by atoms with Gasteiger partial charge in [0.15, 0.2) is 6.04 Å². The van der Waals surface area contributed by atoms with E-state index in [-0.39, 0.29) is 6.04 Å². The molecule has 0 unspecified atom stereocenters. The molecule has 19 heavy (non-hydrogen) atoms. The lowest BCUT2D eigenvalue weighted by Crippen LogP contribution is -2.85. The quantitative estimate of drug-likeness (QED) is 0.768. The molecule has 1 heterocycles. The predicted molar refractivity (Wildman–Crippen MR) is 75.8 cm³/mol. The van der Waals surface area contributed by atoms with Crippen LogP contribution < -0.4 is 5.32 Å². The van der Waals surface area contributed by atoms with Gasteiger partial charge in [-0.25, -0.2) is 0 Å². The van der Waals surface area contributed by atoms with E-state index < -0.39 is 0 Å². The molecule has 0 aliphatic rings. The molecule has 2 N–H and O–H groups in total. The second-order valence-electron chi connectivity index (χ2n) is 4.51. The molecule has 0 bridgehead atoms. The molecular formula is C16H21N2O+. The summed E-state index contributed by atoms with van der Waals surface area (Å²) in [5.41, 5.74) is 2.39. The molecule has 0 amide bonds. The van der Waals surface area contributed by atoms with E-state index in [0.717, 1.165) is 25.3 Å². The zero-order chi connectivity index (χ0) is 13.3. The Balaban J connectivity index is 2.10. The first-order valence-electron chi connectivity index (χ1n) is 6.70. The molecule has 0 spiro atoms. The first-order valence-corrected chi connectivity index (χ1v) is 6.70. The Kier molecular flexibility index (Phi) is 5.53. The summed E-state index contributed by atoms with van der Waals surface area (Å²) in [6.07, 6.45) is 2.90. The third-order valence-electron chi connectivity index (χ3n) is 3.12. The van der Waals surface area contributed by atoms with Crippen LogP contribution in [0.5, 0.6) is 0 Å². The second kappa shape index (κ2) is 7.67. The number of ether oxygens (including phenoxy) is 1. The maximum absolute atomic E-state index is 5.10. The average Bonchev–Trinajstić information content (AvgIpc) is 2.49. The number of rotatable bonds is 7. The van der Waals surface area contributed by atoms with Crippen molar-refractivity contribution in [2.24, 2.45) is 0 Å². The Labute approximate surface area is 114 Å². The van der Waals surface area contributed by atoms with Gasteiger partial charge in [0.1, 0.15) is 5.69 Å². The molecule has 0 radical (unpaired) electrons. The lowest BCUT2D eigenvalue weighted by Gasteiger charge is -2.15. The van der Waals surface area contributed by atoms with Crippen molar-refractivity contribution < 1.29 is 10.1 Å². The highest BCUT2D eigenvalue weighted by Crippen LogP contribution is 2.15. The van der Waals surface area contributed by atoms with Gasteiger partial charge in [-0.15, -0.1) is 0 Å². The fourth-order valence-corrected chi connectivity index (χ4v) is 2.16. The number of hydrogen-bond acceptors (Lipinski definition) is 2. The molecule has 2 rings (SSSR count). The Morgan fingerprint density at radius 2 is 1.89 bits per heavy atom. The van der Waals surface area contributed by atoms with Crippen LogP contribution in [0.2, 0.25) is 0 Å². The highest BCUT2D eigenvalue weighted by molar-refractivity contribution is 5.24. The van der Waals surface area contributed by atoms with Gasteiger partial charge in [0.2, 0.25) is 0 Å². The first-order chi connectivity index (χ1) is 9.42. The summed E-state index contributed by atoms with van der Waals surface area (Å²) in [4.78, 5) is 4.49. The molecule has 1 atom stereocenters. The van der Waals surface area contributed by atoms with Gasteiger partial charge in [0.05, 0.1) is 13.2 Å². The van der Waals surface area contributed by atoms with Gasteiger partial charge in [0, 0.05) is 25.3 Å². The molecule has 1 aromatic heterocycles. The second-order valence-corrected chi connectivity index (χ2v) is 4.51. The lowest BCUT2D eigenvalue weighted by molar-refractivity contribution is -0.688. The third-order valence-corrected chi connectivity index (χ3v) is 3.12. The van der Waals surface area contributed by atoms with Crippen LogP contribution in [-0.2, 0) is 4.74 Å². The number of nitrogens with two attached hydrogens (primary N) is 1. The highest BCUT2D eigenvalue weighted by Gasteiger charge is 2.17. The number of methoxy groups -OCH3 is 1. The number of aromatic nitrogens is 1. The zero-order valence-electron chi connectivity index (χ0n) is 11.3. The van der Waals surface area contributed by atoms with E-state index in [2.05, 4.69) is 40.6 Å². The van der Waals surface area contributed by atoms with Crippen LogP contribution in [0.4, 0.5) is 0 Å². The van der Waals surface area contributed by atoms with Gasteiger partial charge in [-0.2, -0.15) is 0 Å². The fourth-order valence-electron chi connectivity index (χ4n) is 2.16. The van der Waals surface area contributed by atoms with Gasteiger partial charge in [-0.05, 0) is 12.1 Å². The Morgan fingerprint density at radius 1 is 1.11 bits per heavy atom. The maximum atomic E-state index is 5.10. The molecule has 1 aromatic carbocycles. The molecule has 3 heteroatoms. The van der Waals surface area contributed by atoms with Gasteiger partial charge >= 0.3 is 0 Å². The third kappa shape index (κ3) is 4.16. The highest BCUT2D eigenvalue weighted by atomic mass is 16.5. The van der Waals surface area contributed by atoms with Crippen molar-refractivity contribution in [3.63, 3.8) is 0 Å². The molecule has 0 saturated heterocycles. The van der Waals surface area contributed by atoms with Crippen molar-refractivity contribution >= 4 is 0 Å². The van der Waals surface area contributed by atoms with Crippen molar-refractivity contribution in [3.05, 3.63) is 66.0 Å². The first kappa shape index (κ1) is 13.7. The minimum absolute atomic E-state index is 0.263. The van der Waals surface area contributed by atoms with Gasteiger partial charge in [0.25, 0.3) is 0 Å². The van der Waals surface area contributed by atoms with E-state index >= 15 is 0 Å².